The van der Waals surface area contributed by atoms with E-state index in [9.17, 15) is 0 Å². The summed E-state index contributed by atoms with van der Waals surface area (Å²) < 4.78 is 0. The van der Waals surface area contributed by atoms with Gasteiger partial charge in [-0.3, -0.25) is 4.90 Å². The molecule has 0 aromatic heterocycles. The summed E-state index contributed by atoms with van der Waals surface area (Å²) >= 11 is 12.0. The first-order valence-corrected chi connectivity index (χ1v) is 8.38. The van der Waals surface area contributed by atoms with E-state index in [1.165, 1.54) is 25.1 Å². The van der Waals surface area contributed by atoms with Crippen LogP contribution in [-0.4, -0.2) is 37.6 Å². The Labute approximate surface area is 133 Å². The third-order valence-electron chi connectivity index (χ3n) is 3.47. The van der Waals surface area contributed by atoms with Gasteiger partial charge in [0, 0.05) is 31.9 Å². The number of unbranched alkanes of at least 4 members (excludes halogenated alkanes) is 1. The first kappa shape index (κ1) is 17.6. The van der Waals surface area contributed by atoms with E-state index in [4.69, 9.17) is 23.2 Å². The van der Waals surface area contributed by atoms with Crippen LogP contribution in [0.3, 0.4) is 0 Å². The van der Waals surface area contributed by atoms with Gasteiger partial charge in [-0.05, 0) is 31.2 Å². The van der Waals surface area contributed by atoms with Crippen LogP contribution in [0.25, 0.3) is 0 Å². The van der Waals surface area contributed by atoms with Gasteiger partial charge in [-0.15, -0.1) is 0 Å². The number of halogens is 2. The quantitative estimate of drug-likeness (QED) is 0.776. The SMILES string of the molecule is CC.CCCCN1CCN(c2ccc(Cl)c(Cl)c2)CC1. The maximum Gasteiger partial charge on any atom is 0.0612 e. The highest BCUT2D eigenvalue weighted by atomic mass is 35.5. The van der Waals surface area contributed by atoms with Crippen LogP contribution < -0.4 is 4.90 Å². The van der Waals surface area contributed by atoms with Crippen LogP contribution in [0, 0.1) is 0 Å². The molecule has 20 heavy (non-hydrogen) atoms. The van der Waals surface area contributed by atoms with Crippen molar-refractivity contribution in [2.45, 2.75) is 33.6 Å². The van der Waals surface area contributed by atoms with Crippen LogP contribution in [0.15, 0.2) is 18.2 Å². The number of hydrogen-bond donors (Lipinski definition) is 0. The van der Waals surface area contributed by atoms with Gasteiger partial charge in [0.05, 0.1) is 10.0 Å². The van der Waals surface area contributed by atoms with Gasteiger partial charge in [-0.25, -0.2) is 0 Å². The van der Waals surface area contributed by atoms with Crippen molar-refractivity contribution in [3.63, 3.8) is 0 Å². The Morgan fingerprint density at radius 2 is 1.65 bits per heavy atom. The molecular weight excluding hydrogens is 291 g/mol. The Kier molecular flexibility index (Phi) is 8.35. The molecule has 1 fully saturated rings. The van der Waals surface area contributed by atoms with Crippen LogP contribution >= 0.6 is 23.2 Å². The third kappa shape index (κ3) is 5.16. The Hall–Kier alpha value is -0.440. The summed E-state index contributed by atoms with van der Waals surface area (Å²) in [5, 5.41) is 1.27. The van der Waals surface area contributed by atoms with Crippen molar-refractivity contribution < 1.29 is 0 Å². The summed E-state index contributed by atoms with van der Waals surface area (Å²) in [5.74, 6) is 0. The predicted molar refractivity (Wildman–Crippen MR) is 91.4 cm³/mol. The van der Waals surface area contributed by atoms with Crippen molar-refractivity contribution in [3.8, 4) is 0 Å². The molecule has 0 bridgehead atoms. The van der Waals surface area contributed by atoms with Crippen molar-refractivity contribution in [2.75, 3.05) is 37.6 Å². The largest absolute Gasteiger partial charge is 0.369 e. The summed E-state index contributed by atoms with van der Waals surface area (Å²) in [6, 6.07) is 5.89. The number of anilines is 1. The second kappa shape index (κ2) is 9.49. The fraction of sp³-hybridized carbons (Fsp3) is 0.625. The number of hydrogen-bond acceptors (Lipinski definition) is 2. The zero-order valence-corrected chi connectivity index (χ0v) is 14.3. The predicted octanol–water partition coefficient (Wildman–Crippen LogP) is 4.94. The Morgan fingerprint density at radius 1 is 1.00 bits per heavy atom. The van der Waals surface area contributed by atoms with Crippen LogP contribution in [-0.2, 0) is 0 Å². The normalized spacial score (nSPS) is 15.8. The molecule has 0 aliphatic carbocycles. The zero-order chi connectivity index (χ0) is 15.0. The smallest absolute Gasteiger partial charge is 0.0612 e. The Bertz CT molecular complexity index is 388. The maximum absolute atomic E-state index is 6.06. The second-order valence-electron chi connectivity index (χ2n) is 4.78. The van der Waals surface area contributed by atoms with Gasteiger partial charge in [0.15, 0.2) is 0 Å². The monoisotopic (exact) mass is 316 g/mol. The van der Waals surface area contributed by atoms with Gasteiger partial charge >= 0.3 is 0 Å². The zero-order valence-electron chi connectivity index (χ0n) is 12.8. The lowest BCUT2D eigenvalue weighted by molar-refractivity contribution is 0.254. The summed E-state index contributed by atoms with van der Waals surface area (Å²) in [4.78, 5) is 4.92. The van der Waals surface area contributed by atoms with E-state index in [0.29, 0.717) is 10.0 Å². The lowest BCUT2D eigenvalue weighted by Crippen LogP contribution is -2.46. The van der Waals surface area contributed by atoms with Gasteiger partial charge in [0.2, 0.25) is 0 Å². The molecular formula is C16H26Cl2N2. The lowest BCUT2D eigenvalue weighted by Gasteiger charge is -2.36. The van der Waals surface area contributed by atoms with E-state index in [1.807, 2.05) is 26.0 Å². The molecule has 2 rings (SSSR count). The van der Waals surface area contributed by atoms with Crippen molar-refractivity contribution in [1.29, 1.82) is 0 Å². The summed E-state index contributed by atoms with van der Waals surface area (Å²) in [6.07, 6.45) is 2.57. The highest BCUT2D eigenvalue weighted by Crippen LogP contribution is 2.27. The fourth-order valence-corrected chi connectivity index (χ4v) is 2.59. The lowest BCUT2D eigenvalue weighted by atomic mass is 10.2. The number of piperazine rings is 1. The average molecular weight is 317 g/mol. The van der Waals surface area contributed by atoms with Crippen LogP contribution in [0.1, 0.15) is 33.6 Å². The van der Waals surface area contributed by atoms with E-state index in [2.05, 4.69) is 22.8 Å². The molecule has 114 valence electrons. The molecule has 1 heterocycles. The van der Waals surface area contributed by atoms with E-state index < -0.39 is 0 Å². The maximum atomic E-state index is 6.06. The second-order valence-corrected chi connectivity index (χ2v) is 5.60. The highest BCUT2D eigenvalue weighted by molar-refractivity contribution is 6.42. The molecule has 1 aliphatic rings. The molecule has 0 spiro atoms. The molecule has 0 amide bonds. The molecule has 2 nitrogen and oxygen atoms in total. The average Bonchev–Trinajstić information content (AvgIpc) is 2.50. The molecule has 0 atom stereocenters. The minimum absolute atomic E-state index is 0.627. The molecule has 0 saturated carbocycles. The number of rotatable bonds is 4. The van der Waals surface area contributed by atoms with Gasteiger partial charge in [-0.2, -0.15) is 0 Å². The van der Waals surface area contributed by atoms with E-state index >= 15 is 0 Å². The summed E-state index contributed by atoms with van der Waals surface area (Å²) in [5.41, 5.74) is 1.18. The molecule has 1 saturated heterocycles. The molecule has 1 aromatic rings. The minimum Gasteiger partial charge on any atom is -0.369 e. The topological polar surface area (TPSA) is 6.48 Å². The van der Waals surface area contributed by atoms with Crippen LogP contribution in [0.5, 0.6) is 0 Å². The fourth-order valence-electron chi connectivity index (χ4n) is 2.29. The van der Waals surface area contributed by atoms with E-state index in [-0.39, 0.29) is 0 Å². The Morgan fingerprint density at radius 3 is 2.20 bits per heavy atom. The van der Waals surface area contributed by atoms with E-state index in [1.54, 1.807) is 0 Å². The van der Waals surface area contributed by atoms with E-state index in [0.717, 1.165) is 26.2 Å². The first-order chi connectivity index (χ1) is 9.70. The molecule has 0 radical (unpaired) electrons. The van der Waals surface area contributed by atoms with Crippen molar-refractivity contribution in [2.24, 2.45) is 0 Å². The molecule has 1 aromatic carbocycles. The molecule has 4 heteroatoms. The van der Waals surface area contributed by atoms with Gasteiger partial charge in [0.1, 0.15) is 0 Å². The Balaban J connectivity index is 0.000000956. The number of benzene rings is 1. The van der Waals surface area contributed by atoms with Crippen molar-refractivity contribution in [3.05, 3.63) is 28.2 Å². The van der Waals surface area contributed by atoms with Crippen molar-refractivity contribution in [1.82, 2.24) is 4.90 Å². The first-order valence-electron chi connectivity index (χ1n) is 7.63. The van der Waals surface area contributed by atoms with Gasteiger partial charge in [-0.1, -0.05) is 50.4 Å². The standard InChI is InChI=1S/C14H20Cl2N2.C2H6/c1-2-3-6-17-7-9-18(10-8-17)12-4-5-13(15)14(16)11-12;1-2/h4-5,11H,2-3,6-10H2,1H3;1-2H3. The van der Waals surface area contributed by atoms with Gasteiger partial charge in [0.25, 0.3) is 0 Å². The summed E-state index contributed by atoms with van der Waals surface area (Å²) in [6.45, 7) is 11.9. The van der Waals surface area contributed by atoms with Crippen LogP contribution in [0.2, 0.25) is 10.0 Å². The number of nitrogens with zero attached hydrogens (tertiary/aromatic N) is 2. The molecule has 1 aliphatic heterocycles. The summed E-state index contributed by atoms with van der Waals surface area (Å²) in [7, 11) is 0. The highest BCUT2D eigenvalue weighted by Gasteiger charge is 2.17. The minimum atomic E-state index is 0.627. The molecule has 0 unspecified atom stereocenters. The third-order valence-corrected chi connectivity index (χ3v) is 4.21. The van der Waals surface area contributed by atoms with Crippen LogP contribution in [0.4, 0.5) is 5.69 Å². The van der Waals surface area contributed by atoms with Gasteiger partial charge < -0.3 is 4.90 Å². The van der Waals surface area contributed by atoms with Crippen molar-refractivity contribution >= 4 is 28.9 Å². The molecule has 0 N–H and O–H groups in total.